The van der Waals surface area contributed by atoms with Gasteiger partial charge in [-0.15, -0.1) is 0 Å². The number of para-hydroxylation sites is 1. The number of carbonyl (C=O) groups excluding carboxylic acids is 3. The van der Waals surface area contributed by atoms with Crippen molar-refractivity contribution in [1.29, 1.82) is 0 Å². The Balaban J connectivity index is 1.49. The molecule has 0 N–H and O–H groups in total. The summed E-state index contributed by atoms with van der Waals surface area (Å²) in [5.74, 6) is -0.697. The fourth-order valence-corrected chi connectivity index (χ4v) is 5.28. The largest absolute Gasteiger partial charge is 0.497 e. The zero-order valence-corrected chi connectivity index (χ0v) is 21.5. The smallest absolute Gasteiger partial charge is 0.356 e. The fourth-order valence-electron chi connectivity index (χ4n) is 3.71. The highest BCUT2D eigenvalue weighted by atomic mass is 35.6. The monoisotopic (exact) mass is 555 g/mol. The zero-order valence-electron chi connectivity index (χ0n) is 18.4. The third-order valence-electron chi connectivity index (χ3n) is 5.41. The molecule has 2 aromatic rings. The number of amides is 1. The standard InChI is InChI=1S/C24H20Cl3NO6S/c1-32-15-9-7-14(8-10-15)18(29)11-17-21(30)28-20(23(31)34-13-24(25,26)27)19(35-22(17)28)12-33-16-5-3-2-4-6-16/h2-10,17,22H,11-13H2,1H3/t17-,22-/m1/s1. The Labute approximate surface area is 221 Å². The summed E-state index contributed by atoms with van der Waals surface area (Å²) < 4.78 is 14.3. The van der Waals surface area contributed by atoms with Gasteiger partial charge < -0.3 is 14.2 Å². The Morgan fingerprint density at radius 1 is 1.03 bits per heavy atom. The Morgan fingerprint density at radius 3 is 2.34 bits per heavy atom. The molecule has 11 heteroatoms. The van der Waals surface area contributed by atoms with Gasteiger partial charge in [0.2, 0.25) is 9.70 Å². The molecule has 2 aliphatic rings. The van der Waals surface area contributed by atoms with Gasteiger partial charge in [-0.05, 0) is 36.4 Å². The quantitative estimate of drug-likeness (QED) is 0.186. The van der Waals surface area contributed by atoms with Crippen LogP contribution in [0.3, 0.4) is 0 Å². The van der Waals surface area contributed by atoms with Crippen LogP contribution in [0.25, 0.3) is 0 Å². The summed E-state index contributed by atoms with van der Waals surface area (Å²) >= 11 is 18.4. The number of ether oxygens (including phenoxy) is 3. The second kappa shape index (κ2) is 10.7. The van der Waals surface area contributed by atoms with Gasteiger partial charge in [0.15, 0.2) is 5.78 Å². The number of fused-ring (bicyclic) bond motifs is 1. The number of benzene rings is 2. The van der Waals surface area contributed by atoms with Gasteiger partial charge in [0, 0.05) is 12.0 Å². The Bertz CT molecular complexity index is 1150. The normalized spacial score (nSPS) is 19.2. The first-order chi connectivity index (χ1) is 16.7. The van der Waals surface area contributed by atoms with E-state index in [4.69, 9.17) is 49.0 Å². The van der Waals surface area contributed by atoms with E-state index in [9.17, 15) is 14.4 Å². The third-order valence-corrected chi connectivity index (χ3v) is 7.12. The predicted molar refractivity (Wildman–Crippen MR) is 134 cm³/mol. The van der Waals surface area contributed by atoms with Crippen molar-refractivity contribution in [3.05, 3.63) is 70.8 Å². The summed E-state index contributed by atoms with van der Waals surface area (Å²) in [6, 6.07) is 15.7. The molecule has 0 spiro atoms. The molecular formula is C24H20Cl3NO6S. The zero-order chi connectivity index (χ0) is 25.2. The van der Waals surface area contributed by atoms with Gasteiger partial charge in [0.05, 0.1) is 23.3 Å². The van der Waals surface area contributed by atoms with E-state index in [2.05, 4.69) is 0 Å². The molecule has 0 saturated carbocycles. The maximum Gasteiger partial charge on any atom is 0.356 e. The van der Waals surface area contributed by atoms with Crippen molar-refractivity contribution in [2.75, 3.05) is 20.3 Å². The highest BCUT2D eigenvalue weighted by molar-refractivity contribution is 8.04. The summed E-state index contributed by atoms with van der Waals surface area (Å²) in [5, 5.41) is -0.436. The maximum atomic E-state index is 13.0. The summed E-state index contributed by atoms with van der Waals surface area (Å²) in [6.07, 6.45) is 0.00261. The molecule has 0 aliphatic carbocycles. The average Bonchev–Trinajstić information content (AvgIpc) is 3.20. The molecule has 1 saturated heterocycles. The lowest BCUT2D eigenvalue weighted by Crippen LogP contribution is -2.57. The second-order valence-corrected chi connectivity index (χ2v) is 11.5. The number of Topliss-reactive ketones (excluding diaryl/α,β-unsaturated/α-hetero) is 1. The molecule has 0 radical (unpaired) electrons. The maximum absolute atomic E-state index is 13.0. The van der Waals surface area contributed by atoms with Crippen molar-refractivity contribution >= 4 is 64.2 Å². The number of methoxy groups -OCH3 is 1. The van der Waals surface area contributed by atoms with Crippen LogP contribution in [0.15, 0.2) is 65.2 Å². The minimum atomic E-state index is -1.80. The number of β-lactam (4-membered cyclic amide) rings is 1. The van der Waals surface area contributed by atoms with Crippen molar-refractivity contribution in [1.82, 2.24) is 4.90 Å². The first-order valence-electron chi connectivity index (χ1n) is 10.5. The predicted octanol–water partition coefficient (Wildman–Crippen LogP) is 5.00. The SMILES string of the molecule is COc1ccc(C(=O)C[C@@H]2C(=O)N3C(C(=O)OCC(Cl)(Cl)Cl)=C(COc4ccccc4)S[C@H]23)cc1. The highest BCUT2D eigenvalue weighted by Crippen LogP contribution is 2.51. The molecule has 7 nitrogen and oxygen atoms in total. The van der Waals surface area contributed by atoms with Gasteiger partial charge in [-0.2, -0.15) is 0 Å². The molecule has 2 aromatic carbocycles. The molecular weight excluding hydrogens is 537 g/mol. The van der Waals surface area contributed by atoms with Crippen LogP contribution in [0.5, 0.6) is 11.5 Å². The molecule has 1 fully saturated rings. The number of nitrogens with zero attached hydrogens (tertiary/aromatic N) is 1. The molecule has 0 aromatic heterocycles. The van der Waals surface area contributed by atoms with Crippen LogP contribution >= 0.6 is 46.6 Å². The van der Waals surface area contributed by atoms with Gasteiger partial charge in [0.1, 0.15) is 30.4 Å². The van der Waals surface area contributed by atoms with Gasteiger partial charge in [-0.3, -0.25) is 14.5 Å². The number of hydrogen-bond acceptors (Lipinski definition) is 7. The van der Waals surface area contributed by atoms with Gasteiger partial charge in [-0.25, -0.2) is 4.79 Å². The first-order valence-corrected chi connectivity index (χ1v) is 12.5. The minimum Gasteiger partial charge on any atom is -0.497 e. The van der Waals surface area contributed by atoms with E-state index in [1.165, 1.54) is 23.8 Å². The van der Waals surface area contributed by atoms with Crippen LogP contribution in [0.4, 0.5) is 0 Å². The molecule has 0 bridgehead atoms. The fraction of sp³-hybridized carbons (Fsp3) is 0.292. The van der Waals surface area contributed by atoms with E-state index >= 15 is 0 Å². The highest BCUT2D eigenvalue weighted by Gasteiger charge is 2.56. The lowest BCUT2D eigenvalue weighted by atomic mass is 9.89. The molecule has 1 amide bonds. The number of hydrogen-bond donors (Lipinski definition) is 0. The number of alkyl halides is 3. The van der Waals surface area contributed by atoms with Crippen LogP contribution in [0, 0.1) is 5.92 Å². The number of carbonyl (C=O) groups is 3. The van der Waals surface area contributed by atoms with Crippen molar-refractivity contribution in [2.24, 2.45) is 5.92 Å². The van der Waals surface area contributed by atoms with Crippen LogP contribution in [-0.2, 0) is 14.3 Å². The molecule has 4 rings (SSSR count). The topological polar surface area (TPSA) is 82.1 Å². The van der Waals surface area contributed by atoms with E-state index < -0.39 is 27.7 Å². The molecule has 35 heavy (non-hydrogen) atoms. The van der Waals surface area contributed by atoms with E-state index in [0.29, 0.717) is 22.0 Å². The lowest BCUT2D eigenvalue weighted by molar-refractivity contribution is -0.153. The Hall–Kier alpha value is -2.39. The van der Waals surface area contributed by atoms with E-state index in [1.54, 1.807) is 36.4 Å². The number of ketones is 1. The number of rotatable bonds is 9. The van der Waals surface area contributed by atoms with Crippen LogP contribution in [0.2, 0.25) is 0 Å². The molecule has 0 unspecified atom stereocenters. The Morgan fingerprint density at radius 2 is 1.71 bits per heavy atom. The summed E-state index contributed by atoms with van der Waals surface area (Å²) in [5.41, 5.74) is 0.520. The minimum absolute atomic E-state index is 0.00261. The van der Waals surface area contributed by atoms with Gasteiger partial charge >= 0.3 is 5.97 Å². The van der Waals surface area contributed by atoms with Crippen LogP contribution in [-0.4, -0.2) is 52.0 Å². The van der Waals surface area contributed by atoms with E-state index in [1.807, 2.05) is 18.2 Å². The van der Waals surface area contributed by atoms with Crippen molar-refractivity contribution < 1.29 is 28.6 Å². The lowest BCUT2D eigenvalue weighted by Gasteiger charge is -2.42. The molecule has 2 atom stereocenters. The van der Waals surface area contributed by atoms with Gasteiger partial charge in [-0.1, -0.05) is 64.8 Å². The number of esters is 1. The Kier molecular flexibility index (Phi) is 7.86. The van der Waals surface area contributed by atoms with Gasteiger partial charge in [0.25, 0.3) is 0 Å². The van der Waals surface area contributed by atoms with E-state index in [-0.39, 0.29) is 30.4 Å². The van der Waals surface area contributed by atoms with Crippen LogP contribution < -0.4 is 9.47 Å². The van der Waals surface area contributed by atoms with Crippen molar-refractivity contribution in [3.8, 4) is 11.5 Å². The van der Waals surface area contributed by atoms with Crippen LogP contribution in [0.1, 0.15) is 16.8 Å². The first kappa shape index (κ1) is 25.7. The summed E-state index contributed by atoms with van der Waals surface area (Å²) in [6.45, 7) is -0.449. The van der Waals surface area contributed by atoms with Crippen molar-refractivity contribution in [2.45, 2.75) is 15.6 Å². The third kappa shape index (κ3) is 5.89. The van der Waals surface area contributed by atoms with Crippen molar-refractivity contribution in [3.63, 3.8) is 0 Å². The number of halogens is 3. The molecule has 2 aliphatic heterocycles. The number of thioether (sulfide) groups is 1. The van der Waals surface area contributed by atoms with E-state index in [0.717, 1.165) is 0 Å². The average molecular weight is 557 g/mol. The summed E-state index contributed by atoms with van der Waals surface area (Å²) in [7, 11) is 1.54. The molecule has 2 heterocycles. The molecule has 184 valence electrons. The second-order valence-electron chi connectivity index (χ2n) is 7.74. The summed E-state index contributed by atoms with van der Waals surface area (Å²) in [4.78, 5) is 40.5.